The molecule has 0 saturated carbocycles. The van der Waals surface area contributed by atoms with Crippen LogP contribution < -0.4 is 5.32 Å². The van der Waals surface area contributed by atoms with Gasteiger partial charge < -0.3 is 14.3 Å². The van der Waals surface area contributed by atoms with Crippen LogP contribution in [-0.2, 0) is 0 Å². The third kappa shape index (κ3) is 3.83. The first-order chi connectivity index (χ1) is 21.7. The minimum atomic E-state index is 0.701. The average molecular weight is 568 g/mol. The van der Waals surface area contributed by atoms with Crippen LogP contribution in [0.5, 0.6) is 0 Å². The highest BCUT2D eigenvalue weighted by molar-refractivity contribution is 6.35. The van der Waals surface area contributed by atoms with Crippen LogP contribution in [-0.4, -0.2) is 8.97 Å². The Balaban J connectivity index is 1.40. The van der Waals surface area contributed by atoms with Crippen molar-refractivity contribution in [1.29, 1.82) is 0 Å². The molecule has 3 nitrogen and oxygen atoms in total. The van der Waals surface area contributed by atoms with Gasteiger partial charge in [-0.2, -0.15) is 0 Å². The largest absolute Gasteiger partial charge is 0.365 e. The van der Waals surface area contributed by atoms with Crippen molar-refractivity contribution >= 4 is 76.4 Å². The van der Waals surface area contributed by atoms with Gasteiger partial charge in [0, 0.05) is 61.7 Å². The second-order valence-corrected chi connectivity index (χ2v) is 11.5. The maximum atomic E-state index is 4.66. The Labute approximate surface area is 256 Å². The molecule has 0 bridgehead atoms. The second kappa shape index (κ2) is 10.3. The van der Waals surface area contributed by atoms with Crippen LogP contribution >= 0.6 is 0 Å². The van der Waals surface area contributed by atoms with Crippen molar-refractivity contribution in [3.05, 3.63) is 146 Å². The summed E-state index contributed by atoms with van der Waals surface area (Å²) < 4.78 is 4.85. The van der Waals surface area contributed by atoms with Gasteiger partial charge >= 0.3 is 0 Å². The highest BCUT2D eigenvalue weighted by Gasteiger charge is 2.24. The molecule has 0 fully saturated rings. The van der Waals surface area contributed by atoms with E-state index in [2.05, 4.69) is 144 Å². The van der Waals surface area contributed by atoms with Gasteiger partial charge in [-0.3, -0.25) is 0 Å². The number of hydrogen-bond donors (Lipinski definition) is 1. The van der Waals surface area contributed by atoms with Gasteiger partial charge in [-0.05, 0) is 42.2 Å². The van der Waals surface area contributed by atoms with Gasteiger partial charge in [0.1, 0.15) is 0 Å². The first kappa shape index (κ1) is 26.1. The molecule has 0 atom stereocenters. The van der Waals surface area contributed by atoms with Crippen LogP contribution in [0.4, 0.5) is 0 Å². The Morgan fingerprint density at radius 2 is 1.39 bits per heavy atom. The zero-order valence-electron chi connectivity index (χ0n) is 24.8. The van der Waals surface area contributed by atoms with E-state index in [0.29, 0.717) is 6.42 Å². The molecule has 8 rings (SSSR count). The molecule has 1 N–H and O–H groups in total. The van der Waals surface area contributed by atoms with Gasteiger partial charge in [0.2, 0.25) is 0 Å². The van der Waals surface area contributed by atoms with Gasteiger partial charge in [-0.1, -0.05) is 111 Å². The van der Waals surface area contributed by atoms with Gasteiger partial charge in [-0.15, -0.1) is 0 Å². The number of hydrogen-bond acceptors (Lipinski definition) is 1. The molecule has 0 spiro atoms. The lowest BCUT2D eigenvalue weighted by molar-refractivity contribution is 1.00. The van der Waals surface area contributed by atoms with Crippen LogP contribution in [0.1, 0.15) is 19.8 Å². The van der Waals surface area contributed by atoms with Crippen molar-refractivity contribution in [2.45, 2.75) is 19.8 Å². The standard InChI is InChI=1S/C41H33N3/c1-4-5-6-13-25-42-27(2)15-14-16-28(3)43-39-30-18-8-7-17-29(30)23-24-32(39)35-26-34-31-19-9-11-21-36(31)44-37-22-12-10-20-33(37)38(40(35)43)41(34)44/h5-14,16-26,42H,2-4,15H2,1H3/b6-5-,16-14-,25-13-. The lowest BCUT2D eigenvalue weighted by Gasteiger charge is -2.11. The fourth-order valence-corrected chi connectivity index (χ4v) is 6.96. The molecule has 44 heavy (non-hydrogen) atoms. The van der Waals surface area contributed by atoms with Gasteiger partial charge in [-0.25, -0.2) is 0 Å². The van der Waals surface area contributed by atoms with E-state index in [-0.39, 0.29) is 0 Å². The summed E-state index contributed by atoms with van der Waals surface area (Å²) in [6, 6.07) is 33.2. The lowest BCUT2D eigenvalue weighted by atomic mass is 10.0. The molecule has 5 aromatic carbocycles. The van der Waals surface area contributed by atoms with Gasteiger partial charge in [0.15, 0.2) is 0 Å². The fraction of sp³-hybridized carbons (Fsp3) is 0.0732. The van der Waals surface area contributed by atoms with Crippen molar-refractivity contribution in [2.75, 3.05) is 0 Å². The number of fused-ring (bicyclic) bond motifs is 12. The summed E-state index contributed by atoms with van der Waals surface area (Å²) in [4.78, 5) is 0. The molecule has 0 aliphatic heterocycles. The van der Waals surface area contributed by atoms with Gasteiger partial charge in [0.25, 0.3) is 0 Å². The topological polar surface area (TPSA) is 21.4 Å². The van der Waals surface area contributed by atoms with Crippen molar-refractivity contribution in [3.63, 3.8) is 0 Å². The molecule has 0 aliphatic rings. The van der Waals surface area contributed by atoms with E-state index in [1.807, 2.05) is 18.4 Å². The highest BCUT2D eigenvalue weighted by Crippen LogP contribution is 2.47. The summed E-state index contributed by atoms with van der Waals surface area (Å²) in [5.41, 5.74) is 8.00. The molecular formula is C41H33N3. The summed E-state index contributed by atoms with van der Waals surface area (Å²) in [5, 5.41) is 13.3. The maximum absolute atomic E-state index is 4.66. The molecule has 0 radical (unpaired) electrons. The second-order valence-electron chi connectivity index (χ2n) is 11.5. The fourth-order valence-electron chi connectivity index (χ4n) is 6.96. The predicted octanol–water partition coefficient (Wildman–Crippen LogP) is 11.1. The minimum absolute atomic E-state index is 0.701. The first-order valence-corrected chi connectivity index (χ1v) is 15.3. The van der Waals surface area contributed by atoms with Gasteiger partial charge in [0.05, 0.1) is 27.6 Å². The van der Waals surface area contributed by atoms with E-state index in [9.17, 15) is 0 Å². The molecule has 212 valence electrons. The van der Waals surface area contributed by atoms with E-state index in [1.54, 1.807) is 0 Å². The third-order valence-corrected chi connectivity index (χ3v) is 8.81. The van der Waals surface area contributed by atoms with Crippen LogP contribution in [0.15, 0.2) is 146 Å². The number of benzene rings is 5. The molecular weight excluding hydrogens is 534 g/mol. The summed E-state index contributed by atoms with van der Waals surface area (Å²) in [7, 11) is 0. The van der Waals surface area contributed by atoms with Crippen LogP contribution in [0.2, 0.25) is 0 Å². The first-order valence-electron chi connectivity index (χ1n) is 15.3. The van der Waals surface area contributed by atoms with Crippen LogP contribution in [0, 0.1) is 0 Å². The summed E-state index contributed by atoms with van der Waals surface area (Å²) in [5.74, 6) is 0. The van der Waals surface area contributed by atoms with Crippen molar-refractivity contribution in [1.82, 2.24) is 14.3 Å². The van der Waals surface area contributed by atoms with E-state index in [4.69, 9.17) is 0 Å². The average Bonchev–Trinajstić information content (AvgIpc) is 3.69. The van der Waals surface area contributed by atoms with E-state index < -0.39 is 0 Å². The Kier molecular flexibility index (Phi) is 6.13. The smallest absolute Gasteiger partial charge is 0.0642 e. The zero-order valence-corrected chi connectivity index (χ0v) is 24.8. The number of rotatable bonds is 8. The molecule has 0 unspecified atom stereocenters. The molecule has 0 saturated heterocycles. The quantitative estimate of drug-likeness (QED) is 0.181. The molecule has 3 heterocycles. The maximum Gasteiger partial charge on any atom is 0.0642 e. The predicted molar refractivity (Wildman–Crippen MR) is 192 cm³/mol. The number of allylic oxidation sites excluding steroid dienone is 6. The van der Waals surface area contributed by atoms with Crippen LogP contribution in [0.25, 0.3) is 76.4 Å². The number of nitrogens with zero attached hydrogens (tertiary/aromatic N) is 2. The summed E-state index contributed by atoms with van der Waals surface area (Å²) >= 11 is 0. The summed E-state index contributed by atoms with van der Waals surface area (Å²) in [6.07, 6.45) is 14.1. The Morgan fingerprint density at radius 3 is 2.20 bits per heavy atom. The van der Waals surface area contributed by atoms with E-state index in [1.165, 1.54) is 70.7 Å². The van der Waals surface area contributed by atoms with Crippen LogP contribution in [0.3, 0.4) is 0 Å². The lowest BCUT2D eigenvalue weighted by Crippen LogP contribution is -2.01. The normalized spacial score (nSPS) is 12.8. The minimum Gasteiger partial charge on any atom is -0.365 e. The monoisotopic (exact) mass is 567 g/mol. The third-order valence-electron chi connectivity index (χ3n) is 8.81. The number of nitrogens with one attached hydrogen (secondary N) is 1. The van der Waals surface area contributed by atoms with E-state index >= 15 is 0 Å². The Hall–Kier alpha value is -5.54. The Bertz CT molecular complexity index is 2510. The molecule has 3 aromatic heterocycles. The molecule has 0 amide bonds. The number of aromatic nitrogens is 2. The van der Waals surface area contributed by atoms with Crippen molar-refractivity contribution < 1.29 is 0 Å². The molecule has 8 aromatic rings. The summed E-state index contributed by atoms with van der Waals surface area (Å²) in [6.45, 7) is 11.0. The highest BCUT2D eigenvalue weighted by atomic mass is 15.0. The van der Waals surface area contributed by atoms with Crippen molar-refractivity contribution in [2.24, 2.45) is 0 Å². The molecule has 3 heteroatoms. The zero-order chi connectivity index (χ0) is 29.8. The van der Waals surface area contributed by atoms with E-state index in [0.717, 1.165) is 17.8 Å². The Morgan fingerprint density at radius 1 is 0.682 bits per heavy atom. The SMILES string of the molecule is C=C(C/C=C\C(=C)n1c2c3ccccc3ccc2c2cc3c4ccccc4n4c5ccccc5c(c21)c34)N/C=C\C=C/CC. The number of para-hydroxylation sites is 2. The molecule has 0 aliphatic carbocycles. The van der Waals surface area contributed by atoms with Crippen molar-refractivity contribution in [3.8, 4) is 0 Å².